The van der Waals surface area contributed by atoms with Gasteiger partial charge >= 0.3 is 0 Å². The molecule has 25 heavy (non-hydrogen) atoms. The van der Waals surface area contributed by atoms with Crippen LogP contribution in [0.5, 0.6) is 0 Å². The Morgan fingerprint density at radius 3 is 0.920 bits per heavy atom. The molecular weight excluding hydrogens is 396 g/mol. The Morgan fingerprint density at radius 2 is 0.760 bits per heavy atom. The van der Waals surface area contributed by atoms with E-state index in [1.165, 1.54) is 0 Å². The summed E-state index contributed by atoms with van der Waals surface area (Å²) in [5.74, 6) is 4.44. The molecule has 0 bridgehead atoms. The van der Waals surface area contributed by atoms with Gasteiger partial charge in [0.15, 0.2) is 0 Å². The van der Waals surface area contributed by atoms with Gasteiger partial charge in [0.2, 0.25) is 0 Å². The van der Waals surface area contributed by atoms with Crippen LogP contribution in [0.25, 0.3) is 0 Å². The highest BCUT2D eigenvalue weighted by Crippen LogP contribution is 2.52. The van der Waals surface area contributed by atoms with E-state index in [0.717, 1.165) is 49.4 Å². The molecule has 144 valence electrons. The van der Waals surface area contributed by atoms with Gasteiger partial charge < -0.3 is 18.9 Å². The maximum atomic E-state index is 5.63. The highest BCUT2D eigenvalue weighted by Gasteiger charge is 2.50. The van der Waals surface area contributed by atoms with Crippen LogP contribution in [0.4, 0.5) is 0 Å². The van der Waals surface area contributed by atoms with E-state index in [2.05, 4.69) is 27.7 Å². The number of epoxide rings is 4. The molecule has 4 atom stereocenters. The van der Waals surface area contributed by atoms with Crippen LogP contribution in [-0.2, 0) is 18.9 Å². The molecule has 8 heteroatoms. The van der Waals surface area contributed by atoms with Gasteiger partial charge in [0.25, 0.3) is 0 Å². The lowest BCUT2D eigenvalue weighted by Crippen LogP contribution is -2.36. The zero-order chi connectivity index (χ0) is 17.8. The molecule has 4 aliphatic heterocycles. The summed E-state index contributed by atoms with van der Waals surface area (Å²) >= 11 is 7.92. The summed E-state index contributed by atoms with van der Waals surface area (Å²) in [6, 6.07) is 0. The minimum atomic E-state index is 0.0329. The van der Waals surface area contributed by atoms with Crippen molar-refractivity contribution in [3.63, 3.8) is 0 Å². The zero-order valence-corrected chi connectivity index (χ0v) is 18.7. The van der Waals surface area contributed by atoms with Crippen LogP contribution in [0.3, 0.4) is 0 Å². The van der Waals surface area contributed by atoms with E-state index >= 15 is 0 Å². The number of thioether (sulfide) groups is 4. The predicted molar refractivity (Wildman–Crippen MR) is 110 cm³/mol. The molecule has 0 spiro atoms. The van der Waals surface area contributed by atoms with E-state index in [9.17, 15) is 0 Å². The van der Waals surface area contributed by atoms with Crippen molar-refractivity contribution in [1.82, 2.24) is 0 Å². The van der Waals surface area contributed by atoms with Gasteiger partial charge in [-0.15, -0.1) is 47.0 Å². The Kier molecular flexibility index (Phi) is 5.20. The average molecular weight is 425 g/mol. The Bertz CT molecular complexity index is 419. The van der Waals surface area contributed by atoms with Gasteiger partial charge in [0.1, 0.15) is 19.7 Å². The molecule has 4 nitrogen and oxygen atoms in total. The van der Waals surface area contributed by atoms with Crippen molar-refractivity contribution < 1.29 is 18.9 Å². The molecule has 0 aliphatic carbocycles. The van der Waals surface area contributed by atoms with Crippen molar-refractivity contribution in [2.45, 2.75) is 47.4 Å². The monoisotopic (exact) mass is 424 g/mol. The van der Waals surface area contributed by atoms with E-state index in [4.69, 9.17) is 18.9 Å². The fourth-order valence-electron chi connectivity index (χ4n) is 2.21. The van der Waals surface area contributed by atoms with Crippen LogP contribution in [0.1, 0.15) is 27.7 Å². The Hall–Kier alpha value is 1.24. The summed E-state index contributed by atoms with van der Waals surface area (Å²) in [5.41, 5.74) is 0.221. The smallest absolute Gasteiger partial charge is 0.134 e. The SMILES string of the molecule is CC1(SCC(CSC2(C)CO2)(CSC2(C)CO2)CSC2(C)CO2)CO1. The molecule has 4 heterocycles. The van der Waals surface area contributed by atoms with Gasteiger partial charge in [-0.1, -0.05) is 0 Å². The average Bonchev–Trinajstić information content (AvgIpc) is 3.36. The van der Waals surface area contributed by atoms with Crippen molar-refractivity contribution in [3.05, 3.63) is 0 Å². The fourth-order valence-corrected chi connectivity index (χ4v) is 7.56. The second-order valence-electron chi connectivity index (χ2n) is 8.34. The van der Waals surface area contributed by atoms with E-state index in [0.29, 0.717) is 0 Å². The van der Waals surface area contributed by atoms with Crippen LogP contribution in [0, 0.1) is 5.41 Å². The van der Waals surface area contributed by atoms with E-state index in [1.807, 2.05) is 47.0 Å². The molecular formula is C17H28O4S4. The first-order chi connectivity index (χ1) is 11.7. The van der Waals surface area contributed by atoms with Crippen molar-refractivity contribution >= 4 is 47.0 Å². The van der Waals surface area contributed by atoms with Gasteiger partial charge in [-0.2, -0.15) is 0 Å². The first kappa shape index (κ1) is 19.6. The Morgan fingerprint density at radius 1 is 0.560 bits per heavy atom. The molecule has 4 fully saturated rings. The van der Waals surface area contributed by atoms with E-state index in [1.54, 1.807) is 0 Å². The molecule has 0 aromatic heterocycles. The molecule has 0 N–H and O–H groups in total. The summed E-state index contributed by atoms with van der Waals surface area (Å²) in [7, 11) is 0. The molecule has 0 aromatic rings. The summed E-state index contributed by atoms with van der Waals surface area (Å²) < 4.78 is 22.5. The summed E-state index contributed by atoms with van der Waals surface area (Å²) in [4.78, 5) is 0.132. The topological polar surface area (TPSA) is 50.1 Å². The van der Waals surface area contributed by atoms with Gasteiger partial charge in [-0.25, -0.2) is 0 Å². The van der Waals surface area contributed by atoms with Gasteiger partial charge in [-0.3, -0.25) is 0 Å². The maximum Gasteiger partial charge on any atom is 0.134 e. The molecule has 0 radical (unpaired) electrons. The summed E-state index contributed by atoms with van der Waals surface area (Å²) in [5, 5.41) is 0. The summed E-state index contributed by atoms with van der Waals surface area (Å²) in [6.45, 7) is 12.3. The summed E-state index contributed by atoms with van der Waals surface area (Å²) in [6.07, 6.45) is 0. The minimum Gasteiger partial charge on any atom is -0.358 e. The number of hydrogen-bond acceptors (Lipinski definition) is 8. The third-order valence-electron chi connectivity index (χ3n) is 4.94. The van der Waals surface area contributed by atoms with Crippen molar-refractivity contribution in [1.29, 1.82) is 0 Å². The Balaban J connectivity index is 1.42. The predicted octanol–water partition coefficient (Wildman–Crippen LogP) is 3.89. The normalized spacial score (nSPS) is 46.6. The van der Waals surface area contributed by atoms with Gasteiger partial charge in [0.05, 0.1) is 26.4 Å². The van der Waals surface area contributed by atoms with Crippen LogP contribution >= 0.6 is 47.0 Å². The van der Waals surface area contributed by atoms with E-state index < -0.39 is 0 Å². The third-order valence-corrected chi connectivity index (χ3v) is 11.4. The van der Waals surface area contributed by atoms with Crippen molar-refractivity contribution in [2.75, 3.05) is 49.4 Å². The van der Waals surface area contributed by atoms with E-state index in [-0.39, 0.29) is 25.1 Å². The molecule has 0 amide bonds. The number of hydrogen-bond donors (Lipinski definition) is 0. The molecule has 0 aromatic carbocycles. The number of ether oxygens (including phenoxy) is 4. The number of rotatable bonds is 12. The zero-order valence-electron chi connectivity index (χ0n) is 15.4. The van der Waals surface area contributed by atoms with Gasteiger partial charge in [-0.05, 0) is 27.7 Å². The highest BCUT2D eigenvalue weighted by molar-refractivity contribution is 8.03. The van der Waals surface area contributed by atoms with Crippen molar-refractivity contribution in [2.24, 2.45) is 5.41 Å². The van der Waals surface area contributed by atoms with Gasteiger partial charge in [0, 0.05) is 28.4 Å². The fraction of sp³-hybridized carbons (Fsp3) is 1.00. The van der Waals surface area contributed by atoms with Crippen LogP contribution in [0.15, 0.2) is 0 Å². The Labute approximate surface area is 168 Å². The first-order valence-electron chi connectivity index (χ1n) is 8.77. The quantitative estimate of drug-likeness (QED) is 0.437. The lowest BCUT2D eigenvalue weighted by atomic mass is 9.99. The molecule has 4 saturated heterocycles. The molecule has 0 saturated carbocycles. The van der Waals surface area contributed by atoms with Crippen LogP contribution in [-0.4, -0.2) is 69.2 Å². The minimum absolute atomic E-state index is 0.0329. The lowest BCUT2D eigenvalue weighted by Gasteiger charge is -2.35. The second-order valence-corrected chi connectivity index (χ2v) is 14.1. The maximum absolute atomic E-state index is 5.63. The molecule has 4 aliphatic rings. The largest absolute Gasteiger partial charge is 0.358 e. The molecule has 4 unspecified atom stereocenters. The molecule has 4 rings (SSSR count). The highest BCUT2D eigenvalue weighted by atomic mass is 32.2. The van der Waals surface area contributed by atoms with Crippen LogP contribution < -0.4 is 0 Å². The first-order valence-corrected chi connectivity index (χ1v) is 12.7. The van der Waals surface area contributed by atoms with Crippen molar-refractivity contribution in [3.8, 4) is 0 Å². The van der Waals surface area contributed by atoms with Crippen LogP contribution in [0.2, 0.25) is 0 Å². The third kappa shape index (κ3) is 5.62. The lowest BCUT2D eigenvalue weighted by molar-refractivity contribution is 0.392. The second kappa shape index (κ2) is 6.65. The standard InChI is InChI=1S/C17H28O4S4/c1-13(5-18-13)22-9-17(10-23-14(2)6-19-14,11-24-15(3)7-20-15)12-25-16(4)8-21-16/h5-12H2,1-4H3.